The van der Waals surface area contributed by atoms with Gasteiger partial charge in [0.2, 0.25) is 0 Å². The molecule has 88 valence electrons. The molecule has 0 amide bonds. The number of hydrogen-bond donors (Lipinski definition) is 1. The van der Waals surface area contributed by atoms with Crippen molar-refractivity contribution >= 4 is 0 Å². The van der Waals surface area contributed by atoms with E-state index in [1.807, 2.05) is 12.1 Å². The van der Waals surface area contributed by atoms with E-state index in [0.717, 1.165) is 16.8 Å². The summed E-state index contributed by atoms with van der Waals surface area (Å²) in [5, 5.41) is 9.33. The summed E-state index contributed by atoms with van der Waals surface area (Å²) in [6.45, 7) is 6.36. The summed E-state index contributed by atoms with van der Waals surface area (Å²) in [7, 11) is 0. The van der Waals surface area contributed by atoms with Crippen LogP contribution in [0.15, 0.2) is 30.5 Å². The summed E-state index contributed by atoms with van der Waals surface area (Å²) in [5.74, 6) is 0. The molecular weight excluding hydrogens is 210 g/mol. The fraction of sp³-hybridized carbons (Fsp3) is 0.267. The topological polar surface area (TPSA) is 33.1 Å². The van der Waals surface area contributed by atoms with Gasteiger partial charge in [0.05, 0.1) is 12.3 Å². The molecule has 2 nitrogen and oxygen atoms in total. The van der Waals surface area contributed by atoms with Crippen LogP contribution < -0.4 is 0 Å². The molecular formula is C15H17NO. The van der Waals surface area contributed by atoms with Gasteiger partial charge in [-0.1, -0.05) is 6.07 Å². The Kier molecular flexibility index (Phi) is 3.25. The highest BCUT2D eigenvalue weighted by Gasteiger charge is 2.08. The fourth-order valence-electron chi connectivity index (χ4n) is 2.00. The number of hydrogen-bond acceptors (Lipinski definition) is 2. The van der Waals surface area contributed by atoms with Gasteiger partial charge in [-0.2, -0.15) is 0 Å². The van der Waals surface area contributed by atoms with E-state index in [4.69, 9.17) is 0 Å². The Labute approximate surface area is 102 Å². The van der Waals surface area contributed by atoms with Crippen LogP contribution >= 0.6 is 0 Å². The van der Waals surface area contributed by atoms with Gasteiger partial charge in [-0.15, -0.1) is 0 Å². The lowest BCUT2D eigenvalue weighted by atomic mass is 9.97. The molecule has 0 bridgehead atoms. The maximum Gasteiger partial charge on any atom is 0.0757 e. The normalized spacial score (nSPS) is 10.6. The van der Waals surface area contributed by atoms with Crippen LogP contribution in [0.5, 0.6) is 0 Å². The molecule has 0 saturated carbocycles. The predicted octanol–water partition coefficient (Wildman–Crippen LogP) is 3.17. The van der Waals surface area contributed by atoms with Gasteiger partial charge in [0.25, 0.3) is 0 Å². The second-order valence-corrected chi connectivity index (χ2v) is 4.40. The number of aliphatic hydroxyl groups is 1. The number of rotatable bonds is 2. The van der Waals surface area contributed by atoms with Crippen molar-refractivity contribution in [2.45, 2.75) is 27.4 Å². The zero-order valence-corrected chi connectivity index (χ0v) is 10.5. The van der Waals surface area contributed by atoms with Crippen LogP contribution in [-0.2, 0) is 6.61 Å². The molecule has 17 heavy (non-hydrogen) atoms. The summed E-state index contributed by atoms with van der Waals surface area (Å²) in [4.78, 5) is 4.37. The molecule has 0 aliphatic carbocycles. The van der Waals surface area contributed by atoms with Gasteiger partial charge in [0, 0.05) is 17.3 Å². The highest BCUT2D eigenvalue weighted by molar-refractivity contribution is 5.65. The minimum atomic E-state index is 0.0230. The van der Waals surface area contributed by atoms with Crippen LogP contribution in [0.25, 0.3) is 11.3 Å². The molecule has 1 aromatic heterocycles. The average Bonchev–Trinajstić information content (AvgIpc) is 2.35. The van der Waals surface area contributed by atoms with Crippen molar-refractivity contribution in [1.29, 1.82) is 0 Å². The van der Waals surface area contributed by atoms with Gasteiger partial charge in [0.15, 0.2) is 0 Å². The first kappa shape index (κ1) is 11.8. The van der Waals surface area contributed by atoms with Crippen molar-refractivity contribution in [2.24, 2.45) is 0 Å². The largest absolute Gasteiger partial charge is 0.392 e. The first-order valence-electron chi connectivity index (χ1n) is 5.76. The third kappa shape index (κ3) is 2.22. The van der Waals surface area contributed by atoms with Crippen LogP contribution in [0, 0.1) is 20.8 Å². The van der Waals surface area contributed by atoms with Gasteiger partial charge in [0.1, 0.15) is 0 Å². The molecule has 2 aromatic rings. The average molecular weight is 227 g/mol. The minimum absolute atomic E-state index is 0.0230. The van der Waals surface area contributed by atoms with E-state index >= 15 is 0 Å². The molecule has 0 unspecified atom stereocenters. The zero-order valence-electron chi connectivity index (χ0n) is 10.5. The molecule has 0 aliphatic heterocycles. The van der Waals surface area contributed by atoms with Crippen LogP contribution in [-0.4, -0.2) is 10.1 Å². The van der Waals surface area contributed by atoms with Crippen molar-refractivity contribution in [3.8, 4) is 11.3 Å². The molecule has 2 heteroatoms. The van der Waals surface area contributed by atoms with Crippen molar-refractivity contribution in [3.05, 3.63) is 52.7 Å². The number of nitrogens with zero attached hydrogens (tertiary/aromatic N) is 1. The summed E-state index contributed by atoms with van der Waals surface area (Å²) in [6, 6.07) is 8.02. The van der Waals surface area contributed by atoms with E-state index in [1.54, 1.807) is 6.20 Å². The van der Waals surface area contributed by atoms with Crippen LogP contribution in [0.4, 0.5) is 0 Å². The van der Waals surface area contributed by atoms with Gasteiger partial charge in [-0.25, -0.2) is 0 Å². The molecule has 0 saturated heterocycles. The van der Waals surface area contributed by atoms with Crippen LogP contribution in [0.3, 0.4) is 0 Å². The third-order valence-corrected chi connectivity index (χ3v) is 3.26. The molecule has 0 fully saturated rings. The zero-order chi connectivity index (χ0) is 12.4. The molecule has 1 N–H and O–H groups in total. The maximum absolute atomic E-state index is 9.33. The van der Waals surface area contributed by atoms with Gasteiger partial charge >= 0.3 is 0 Å². The van der Waals surface area contributed by atoms with E-state index in [1.165, 1.54) is 16.7 Å². The SMILES string of the molecule is Cc1cc(-c2ncccc2CO)cc(C)c1C. The quantitative estimate of drug-likeness (QED) is 0.854. The number of aliphatic hydroxyl groups excluding tert-OH is 1. The standard InChI is InChI=1S/C15H17NO/c1-10-7-14(8-11(2)12(10)3)15-13(9-17)5-4-6-16-15/h4-8,17H,9H2,1-3H3. The van der Waals surface area contributed by atoms with Gasteiger partial charge in [-0.3, -0.25) is 4.98 Å². The summed E-state index contributed by atoms with van der Waals surface area (Å²) >= 11 is 0. The first-order valence-corrected chi connectivity index (χ1v) is 5.76. The Morgan fingerprint density at radius 1 is 1.12 bits per heavy atom. The number of aryl methyl sites for hydroxylation is 2. The molecule has 1 aromatic carbocycles. The van der Waals surface area contributed by atoms with E-state index < -0.39 is 0 Å². The monoisotopic (exact) mass is 227 g/mol. The van der Waals surface area contributed by atoms with Crippen LogP contribution in [0.2, 0.25) is 0 Å². The Bertz CT molecular complexity index is 523. The Balaban J connectivity index is 2.61. The highest BCUT2D eigenvalue weighted by atomic mass is 16.3. The van der Waals surface area contributed by atoms with Crippen molar-refractivity contribution in [3.63, 3.8) is 0 Å². The van der Waals surface area contributed by atoms with Crippen LogP contribution in [0.1, 0.15) is 22.3 Å². The van der Waals surface area contributed by atoms with Crippen molar-refractivity contribution in [1.82, 2.24) is 4.98 Å². The molecule has 2 rings (SSSR count). The Hall–Kier alpha value is -1.67. The molecule has 0 aliphatic rings. The number of aromatic nitrogens is 1. The smallest absolute Gasteiger partial charge is 0.0757 e. The summed E-state index contributed by atoms with van der Waals surface area (Å²) in [6.07, 6.45) is 1.76. The Morgan fingerprint density at radius 3 is 2.35 bits per heavy atom. The van der Waals surface area contributed by atoms with Gasteiger partial charge < -0.3 is 5.11 Å². The molecule has 0 spiro atoms. The molecule has 0 atom stereocenters. The lowest BCUT2D eigenvalue weighted by Crippen LogP contribution is -1.95. The van der Waals surface area contributed by atoms with E-state index in [2.05, 4.69) is 37.9 Å². The van der Waals surface area contributed by atoms with E-state index in [9.17, 15) is 5.11 Å². The second kappa shape index (κ2) is 4.68. The molecule has 0 radical (unpaired) electrons. The molecule has 1 heterocycles. The number of pyridine rings is 1. The fourth-order valence-corrected chi connectivity index (χ4v) is 2.00. The number of benzene rings is 1. The lowest BCUT2D eigenvalue weighted by Gasteiger charge is -2.11. The Morgan fingerprint density at radius 2 is 1.76 bits per heavy atom. The first-order chi connectivity index (χ1) is 8.13. The second-order valence-electron chi connectivity index (χ2n) is 4.40. The van der Waals surface area contributed by atoms with E-state index in [-0.39, 0.29) is 6.61 Å². The summed E-state index contributed by atoms with van der Waals surface area (Å²) in [5.41, 5.74) is 6.66. The summed E-state index contributed by atoms with van der Waals surface area (Å²) < 4.78 is 0. The minimum Gasteiger partial charge on any atom is -0.392 e. The van der Waals surface area contributed by atoms with Crippen molar-refractivity contribution < 1.29 is 5.11 Å². The lowest BCUT2D eigenvalue weighted by molar-refractivity contribution is 0.282. The third-order valence-electron chi connectivity index (χ3n) is 3.26. The predicted molar refractivity (Wildman–Crippen MR) is 69.8 cm³/mol. The van der Waals surface area contributed by atoms with E-state index in [0.29, 0.717) is 0 Å². The highest BCUT2D eigenvalue weighted by Crippen LogP contribution is 2.25. The maximum atomic E-state index is 9.33. The van der Waals surface area contributed by atoms with Crippen molar-refractivity contribution in [2.75, 3.05) is 0 Å². The van der Waals surface area contributed by atoms with Gasteiger partial charge in [-0.05, 0) is 55.7 Å².